The molecule has 0 bridgehead atoms. The second-order valence-corrected chi connectivity index (χ2v) is 14.0. The smallest absolute Gasteiger partial charge is 0.286 e. The first-order chi connectivity index (χ1) is 11.6. The fourth-order valence-electron chi connectivity index (χ4n) is 0.971. The van der Waals surface area contributed by atoms with Gasteiger partial charge in [0.1, 0.15) is 6.42 Å². The Morgan fingerprint density at radius 2 is 1.00 bits per heavy atom. The fourth-order valence-corrected chi connectivity index (χ4v) is 6.14. The highest BCUT2D eigenvalue weighted by Gasteiger charge is 2.65. The van der Waals surface area contributed by atoms with Gasteiger partial charge in [-0.1, -0.05) is 4.13 Å². The minimum absolute atomic E-state index is 0.257. The van der Waals surface area contributed by atoms with E-state index in [0.29, 0.717) is 6.26 Å². The summed E-state index contributed by atoms with van der Waals surface area (Å²) in [6, 6.07) is 0. The predicted octanol–water partition coefficient (Wildman–Crippen LogP) is -2.18. The standard InChI is InChI=1S/C3H3F4NO4S2.C2H7NO4S2.CH4O3S/c4-2(5)1-3(6,7)14(11,12)8-13(2,9)10;1-8(4,5)3-9(2,6)7;1-5(2,3)4/h8H,1H2;3H,1-2H3;1H3,(H,2,3,4). The molecule has 0 atom stereocenters. The minimum Gasteiger partial charge on any atom is -0.286 e. The van der Waals surface area contributed by atoms with E-state index in [4.69, 9.17) is 4.55 Å². The van der Waals surface area contributed by atoms with Crippen molar-refractivity contribution in [2.45, 2.75) is 16.9 Å². The lowest BCUT2D eigenvalue weighted by atomic mass is 10.4. The van der Waals surface area contributed by atoms with Crippen molar-refractivity contribution in [3.05, 3.63) is 0 Å². The van der Waals surface area contributed by atoms with Crippen molar-refractivity contribution in [3.63, 3.8) is 0 Å². The number of nitrogens with one attached hydrogen (secondary N) is 2. The second kappa shape index (κ2) is 8.61. The molecule has 0 aromatic rings. The molecule has 22 heteroatoms. The quantitative estimate of drug-likeness (QED) is 0.260. The zero-order valence-electron chi connectivity index (χ0n) is 13.8. The van der Waals surface area contributed by atoms with Crippen LogP contribution in [0.5, 0.6) is 0 Å². The third kappa shape index (κ3) is 12.0. The van der Waals surface area contributed by atoms with E-state index in [9.17, 15) is 59.7 Å². The summed E-state index contributed by atoms with van der Waals surface area (Å²) < 4.78 is 160. The molecule has 0 aromatic heterocycles. The summed E-state index contributed by atoms with van der Waals surface area (Å²) in [5, 5.41) is -9.61. The molecule has 1 aliphatic rings. The van der Waals surface area contributed by atoms with Gasteiger partial charge >= 0.3 is 10.5 Å². The Kier molecular flexibility index (Phi) is 9.09. The number of hydrogen-bond donors (Lipinski definition) is 3. The SMILES string of the molecule is CS(=O)(=O)NS(C)(=O)=O.CS(=O)(=O)O.O=S1(=O)NS(=O)(=O)C(F)(F)CC1(F)F. The van der Waals surface area contributed by atoms with Crippen molar-refractivity contribution < 1.29 is 64.2 Å². The molecular weight excluding hydrogens is 512 g/mol. The van der Waals surface area contributed by atoms with Crippen LogP contribution in [0.1, 0.15) is 6.42 Å². The van der Waals surface area contributed by atoms with Crippen molar-refractivity contribution in [3.8, 4) is 0 Å². The van der Waals surface area contributed by atoms with Crippen LogP contribution in [0.15, 0.2) is 0 Å². The molecule has 0 radical (unpaired) electrons. The van der Waals surface area contributed by atoms with Crippen LogP contribution in [0, 0.1) is 0 Å². The average molecular weight is 527 g/mol. The van der Waals surface area contributed by atoms with Crippen LogP contribution in [0.3, 0.4) is 0 Å². The molecule has 1 saturated heterocycles. The van der Waals surface area contributed by atoms with Crippen LogP contribution in [-0.2, 0) is 50.2 Å². The number of sulfonamides is 4. The first-order valence-corrected chi connectivity index (χ1v) is 14.4. The van der Waals surface area contributed by atoms with E-state index in [1.54, 1.807) is 0 Å². The fraction of sp³-hybridized carbons (Fsp3) is 1.00. The van der Waals surface area contributed by atoms with Crippen molar-refractivity contribution in [1.82, 2.24) is 8.25 Å². The molecule has 13 nitrogen and oxygen atoms in total. The van der Waals surface area contributed by atoms with Gasteiger partial charge in [0.05, 0.1) is 18.8 Å². The molecule has 1 aliphatic heterocycles. The lowest BCUT2D eigenvalue weighted by Crippen LogP contribution is -2.57. The molecule has 1 fully saturated rings. The minimum atomic E-state index is -5.59. The van der Waals surface area contributed by atoms with Gasteiger partial charge in [-0.2, -0.15) is 26.0 Å². The Morgan fingerprint density at radius 3 is 1.11 bits per heavy atom. The first kappa shape index (κ1) is 29.6. The molecule has 1 rings (SSSR count). The zero-order chi connectivity index (χ0) is 23.6. The van der Waals surface area contributed by atoms with Crippen molar-refractivity contribution in [1.29, 1.82) is 0 Å². The van der Waals surface area contributed by atoms with Crippen LogP contribution in [0.2, 0.25) is 0 Å². The number of halogens is 4. The maximum Gasteiger partial charge on any atom is 0.367 e. The van der Waals surface area contributed by atoms with E-state index in [1.807, 2.05) is 0 Å². The zero-order valence-corrected chi connectivity index (χ0v) is 17.9. The highest BCUT2D eigenvalue weighted by atomic mass is 32.3. The molecule has 1 heterocycles. The van der Waals surface area contributed by atoms with Crippen molar-refractivity contribution >= 4 is 50.2 Å². The van der Waals surface area contributed by atoms with Gasteiger partial charge in [0.25, 0.3) is 30.2 Å². The average Bonchev–Trinajstić information content (AvgIpc) is 2.15. The van der Waals surface area contributed by atoms with E-state index >= 15 is 0 Å². The van der Waals surface area contributed by atoms with Gasteiger partial charge in [-0.3, -0.25) is 4.55 Å². The van der Waals surface area contributed by atoms with Gasteiger partial charge < -0.3 is 0 Å². The van der Waals surface area contributed by atoms with Crippen LogP contribution < -0.4 is 8.25 Å². The van der Waals surface area contributed by atoms with Gasteiger partial charge in [-0.05, 0) is 0 Å². The Bertz CT molecular complexity index is 1010. The highest BCUT2D eigenvalue weighted by molar-refractivity contribution is 8.06. The molecule has 0 saturated carbocycles. The first-order valence-electron chi connectivity index (χ1n) is 5.76. The maximum absolute atomic E-state index is 12.4. The van der Waals surface area contributed by atoms with Gasteiger partial charge in [-0.15, -0.1) is 4.13 Å². The number of rotatable bonds is 2. The third-order valence-corrected chi connectivity index (χ3v) is 7.76. The summed E-state index contributed by atoms with van der Waals surface area (Å²) in [5.41, 5.74) is 0. The van der Waals surface area contributed by atoms with Crippen molar-refractivity contribution in [2.24, 2.45) is 0 Å². The van der Waals surface area contributed by atoms with E-state index in [-0.39, 0.29) is 4.13 Å². The molecule has 0 aliphatic carbocycles. The second-order valence-electron chi connectivity index (χ2n) is 4.90. The molecule has 0 aromatic carbocycles. The summed E-state index contributed by atoms with van der Waals surface area (Å²) in [4.78, 5) is 0. The number of alkyl halides is 4. The van der Waals surface area contributed by atoms with Gasteiger partial charge in [-0.25, -0.2) is 33.7 Å². The maximum atomic E-state index is 12.4. The van der Waals surface area contributed by atoms with E-state index in [0.717, 1.165) is 12.5 Å². The summed E-state index contributed by atoms with van der Waals surface area (Å²) in [6.45, 7) is 0. The Morgan fingerprint density at radius 1 is 0.786 bits per heavy atom. The molecule has 0 unspecified atom stereocenters. The summed E-state index contributed by atoms with van der Waals surface area (Å²) in [6.07, 6.45) is -0.313. The topological polar surface area (TPSA) is 215 Å². The lowest BCUT2D eigenvalue weighted by molar-refractivity contribution is -0.0207. The van der Waals surface area contributed by atoms with Crippen LogP contribution in [0.4, 0.5) is 17.6 Å². The van der Waals surface area contributed by atoms with E-state index in [1.165, 1.54) is 4.13 Å². The van der Waals surface area contributed by atoms with Gasteiger partial charge in [0, 0.05) is 0 Å². The molecule has 28 heavy (non-hydrogen) atoms. The van der Waals surface area contributed by atoms with Crippen LogP contribution in [0.25, 0.3) is 0 Å². The lowest BCUT2D eigenvalue weighted by Gasteiger charge is -2.28. The predicted molar refractivity (Wildman–Crippen MR) is 85.8 cm³/mol. The Hall–Kier alpha value is -0.650. The largest absolute Gasteiger partial charge is 0.367 e. The van der Waals surface area contributed by atoms with Crippen molar-refractivity contribution in [2.75, 3.05) is 18.8 Å². The highest BCUT2D eigenvalue weighted by Crippen LogP contribution is 2.41. The summed E-state index contributed by atoms with van der Waals surface area (Å²) >= 11 is 0. The Balaban J connectivity index is 0. The van der Waals surface area contributed by atoms with E-state index in [2.05, 4.69) is 0 Å². The third-order valence-electron chi connectivity index (χ3n) is 1.72. The Labute approximate surface area is 158 Å². The molecule has 3 N–H and O–H groups in total. The van der Waals surface area contributed by atoms with Gasteiger partial charge in [0.15, 0.2) is 0 Å². The monoisotopic (exact) mass is 526 g/mol. The van der Waals surface area contributed by atoms with E-state index < -0.39 is 67.1 Å². The van der Waals surface area contributed by atoms with Gasteiger partial charge in [0.2, 0.25) is 20.0 Å². The normalized spacial score (nSPS) is 22.6. The molecule has 172 valence electrons. The van der Waals surface area contributed by atoms with Crippen LogP contribution in [-0.4, -0.2) is 75.9 Å². The summed E-state index contributed by atoms with van der Waals surface area (Å²) in [5.74, 6) is 0. The van der Waals surface area contributed by atoms with Crippen LogP contribution >= 0.6 is 0 Å². The summed E-state index contributed by atoms with van der Waals surface area (Å²) in [7, 11) is -22.1. The number of hydrogen-bond acceptors (Lipinski definition) is 10. The molecule has 0 amide bonds. The molecular formula is C6H14F4N2O11S5. The molecule has 0 spiro atoms.